The minimum Gasteiger partial charge on any atom is -0.411 e. The quantitative estimate of drug-likeness (QED) is 0.361. The van der Waals surface area contributed by atoms with Crippen LogP contribution in [-0.4, -0.2) is 26.3 Å². The molecule has 2 aromatic carbocycles. The van der Waals surface area contributed by atoms with Crippen LogP contribution in [0.4, 0.5) is 18.9 Å². The number of thioether (sulfide) groups is 1. The van der Waals surface area contributed by atoms with Crippen molar-refractivity contribution in [2.75, 3.05) is 5.32 Å². The Morgan fingerprint density at radius 1 is 1.14 bits per heavy atom. The summed E-state index contributed by atoms with van der Waals surface area (Å²) in [6, 6.07) is 9.28. The molecule has 2 N–H and O–H groups in total. The number of aromatic amines is 1. The molecule has 29 heavy (non-hydrogen) atoms. The average Bonchev–Trinajstić information content (AvgIpc) is 3.35. The maximum atomic E-state index is 13.7. The van der Waals surface area contributed by atoms with Gasteiger partial charge >= 0.3 is 0 Å². The molecule has 0 saturated heterocycles. The van der Waals surface area contributed by atoms with Gasteiger partial charge in [0.1, 0.15) is 0 Å². The summed E-state index contributed by atoms with van der Waals surface area (Å²) in [5.41, 5.74) is 1.18. The summed E-state index contributed by atoms with van der Waals surface area (Å²) >= 11 is 0.955. The highest BCUT2D eigenvalue weighted by Gasteiger charge is 2.22. The van der Waals surface area contributed by atoms with Crippen LogP contribution in [0.5, 0.6) is 0 Å². The van der Waals surface area contributed by atoms with Crippen LogP contribution in [0.25, 0.3) is 22.4 Å². The maximum absolute atomic E-state index is 13.7. The van der Waals surface area contributed by atoms with Gasteiger partial charge in [0.15, 0.2) is 17.5 Å². The van der Waals surface area contributed by atoms with Crippen molar-refractivity contribution in [3.8, 4) is 11.5 Å². The Kier molecular flexibility index (Phi) is 5.01. The van der Waals surface area contributed by atoms with E-state index in [-0.39, 0.29) is 11.1 Å². The zero-order valence-electron chi connectivity index (χ0n) is 14.9. The van der Waals surface area contributed by atoms with Crippen LogP contribution >= 0.6 is 11.8 Å². The van der Waals surface area contributed by atoms with E-state index in [0.29, 0.717) is 0 Å². The lowest BCUT2D eigenvalue weighted by Crippen LogP contribution is -2.23. The molecule has 4 rings (SSSR count). The number of rotatable bonds is 5. The molecule has 0 aliphatic rings. The minimum atomic E-state index is -1.65. The summed E-state index contributed by atoms with van der Waals surface area (Å²) in [5, 5.41) is 10.4. The first-order valence-electron chi connectivity index (χ1n) is 8.45. The minimum absolute atomic E-state index is 0.138. The standard InChI is InChI=1S/C19H13F3N4O2S/c1-9(17(27)24-14-7-6-12(20)15(21)16(14)22)29-19-26-25-18(28-19)11-8-23-13-5-3-2-4-10(11)13/h2-9,23H,1H3,(H,24,27). The number of hydrogen-bond donors (Lipinski definition) is 2. The normalized spacial score (nSPS) is 12.3. The fourth-order valence-corrected chi connectivity index (χ4v) is 3.36. The van der Waals surface area contributed by atoms with Crippen molar-refractivity contribution in [3.63, 3.8) is 0 Å². The largest absolute Gasteiger partial charge is 0.411 e. The van der Waals surface area contributed by atoms with E-state index < -0.39 is 34.3 Å². The SMILES string of the molecule is CC(Sc1nnc(-c2c[nH]c3ccccc23)o1)C(=O)Nc1ccc(F)c(F)c1F. The number of para-hydroxylation sites is 1. The molecule has 2 aromatic heterocycles. The van der Waals surface area contributed by atoms with Gasteiger partial charge in [-0.2, -0.15) is 0 Å². The van der Waals surface area contributed by atoms with Gasteiger partial charge in [0.05, 0.1) is 16.5 Å². The van der Waals surface area contributed by atoms with Crippen molar-refractivity contribution in [2.24, 2.45) is 0 Å². The number of halogens is 3. The number of aromatic nitrogens is 3. The summed E-state index contributed by atoms with van der Waals surface area (Å²) in [6.45, 7) is 1.54. The van der Waals surface area contributed by atoms with E-state index >= 15 is 0 Å². The molecule has 0 radical (unpaired) electrons. The Morgan fingerprint density at radius 2 is 1.93 bits per heavy atom. The Labute approximate surface area is 166 Å². The molecule has 4 aromatic rings. The molecule has 1 atom stereocenters. The number of H-pyrrole nitrogens is 1. The molecule has 6 nitrogen and oxygen atoms in total. The molecule has 0 aliphatic carbocycles. The molecule has 1 unspecified atom stereocenters. The number of benzene rings is 2. The number of nitrogens with zero attached hydrogens (tertiary/aromatic N) is 2. The van der Waals surface area contributed by atoms with E-state index in [0.717, 1.165) is 40.4 Å². The highest BCUT2D eigenvalue weighted by Crippen LogP contribution is 2.31. The third kappa shape index (κ3) is 3.70. The van der Waals surface area contributed by atoms with Crippen molar-refractivity contribution < 1.29 is 22.4 Å². The van der Waals surface area contributed by atoms with Crippen LogP contribution in [0.2, 0.25) is 0 Å². The molecule has 0 aliphatic heterocycles. The van der Waals surface area contributed by atoms with Gasteiger partial charge in [-0.15, -0.1) is 10.2 Å². The summed E-state index contributed by atoms with van der Waals surface area (Å²) < 4.78 is 45.6. The van der Waals surface area contributed by atoms with Gasteiger partial charge in [-0.3, -0.25) is 4.79 Å². The van der Waals surface area contributed by atoms with Gasteiger partial charge in [-0.1, -0.05) is 30.0 Å². The molecule has 148 valence electrons. The van der Waals surface area contributed by atoms with E-state index in [2.05, 4.69) is 20.5 Å². The lowest BCUT2D eigenvalue weighted by molar-refractivity contribution is -0.115. The van der Waals surface area contributed by atoms with Gasteiger partial charge in [-0.05, 0) is 25.1 Å². The van der Waals surface area contributed by atoms with Crippen LogP contribution in [0.1, 0.15) is 6.92 Å². The molecule has 0 fully saturated rings. The highest BCUT2D eigenvalue weighted by atomic mass is 32.2. The predicted octanol–water partition coefficient (Wildman–Crippen LogP) is 4.75. The van der Waals surface area contributed by atoms with Gasteiger partial charge in [0, 0.05) is 17.1 Å². The van der Waals surface area contributed by atoms with Crippen LogP contribution in [-0.2, 0) is 4.79 Å². The van der Waals surface area contributed by atoms with E-state index in [1.165, 1.54) is 6.92 Å². The monoisotopic (exact) mass is 418 g/mol. The second kappa shape index (κ2) is 7.63. The molecule has 1 amide bonds. The van der Waals surface area contributed by atoms with E-state index in [1.807, 2.05) is 24.3 Å². The van der Waals surface area contributed by atoms with Crippen LogP contribution in [0.15, 0.2) is 52.2 Å². The Balaban J connectivity index is 1.47. The summed E-state index contributed by atoms with van der Waals surface area (Å²) in [5.74, 6) is -4.80. The topological polar surface area (TPSA) is 83.8 Å². The van der Waals surface area contributed by atoms with Gasteiger partial charge in [-0.25, -0.2) is 13.2 Å². The summed E-state index contributed by atoms with van der Waals surface area (Å²) in [6.07, 6.45) is 1.74. The zero-order valence-corrected chi connectivity index (χ0v) is 15.7. The Morgan fingerprint density at radius 3 is 2.76 bits per heavy atom. The van der Waals surface area contributed by atoms with Gasteiger partial charge < -0.3 is 14.7 Å². The van der Waals surface area contributed by atoms with Gasteiger partial charge in [0.2, 0.25) is 5.91 Å². The summed E-state index contributed by atoms with van der Waals surface area (Å²) in [4.78, 5) is 15.4. The average molecular weight is 418 g/mol. The molecule has 2 heterocycles. The number of amides is 1. The number of carbonyl (C=O) groups is 1. The maximum Gasteiger partial charge on any atom is 0.277 e. The molecule has 0 saturated carbocycles. The third-order valence-corrected chi connectivity index (χ3v) is 5.10. The van der Waals surface area contributed by atoms with Crippen LogP contribution < -0.4 is 5.32 Å². The number of carbonyl (C=O) groups excluding carboxylic acids is 1. The second-order valence-electron chi connectivity index (χ2n) is 6.09. The molecular formula is C19H13F3N4O2S. The second-order valence-corrected chi connectivity index (χ2v) is 7.39. The third-order valence-electron chi connectivity index (χ3n) is 4.17. The molecular weight excluding hydrogens is 405 g/mol. The number of anilines is 1. The number of fused-ring (bicyclic) bond motifs is 1. The smallest absolute Gasteiger partial charge is 0.277 e. The summed E-state index contributed by atoms with van der Waals surface area (Å²) in [7, 11) is 0. The fourth-order valence-electron chi connectivity index (χ4n) is 2.68. The van der Waals surface area contributed by atoms with Crippen molar-refractivity contribution in [2.45, 2.75) is 17.4 Å². The lowest BCUT2D eigenvalue weighted by Gasteiger charge is -2.11. The van der Waals surface area contributed by atoms with Crippen molar-refractivity contribution in [1.82, 2.24) is 15.2 Å². The highest BCUT2D eigenvalue weighted by molar-refractivity contribution is 8.00. The first kappa shape index (κ1) is 19.1. The van der Waals surface area contributed by atoms with Crippen molar-refractivity contribution in [1.29, 1.82) is 0 Å². The molecule has 0 bridgehead atoms. The zero-order chi connectivity index (χ0) is 20.5. The first-order chi connectivity index (χ1) is 13.9. The lowest BCUT2D eigenvalue weighted by atomic mass is 10.2. The molecule has 0 spiro atoms. The number of hydrogen-bond acceptors (Lipinski definition) is 5. The van der Waals surface area contributed by atoms with Crippen LogP contribution in [0.3, 0.4) is 0 Å². The van der Waals surface area contributed by atoms with Gasteiger partial charge in [0.25, 0.3) is 11.1 Å². The van der Waals surface area contributed by atoms with Crippen molar-refractivity contribution >= 4 is 34.3 Å². The Hall–Kier alpha value is -3.27. The Bertz CT molecular complexity index is 1210. The van der Waals surface area contributed by atoms with E-state index in [4.69, 9.17) is 4.42 Å². The molecule has 10 heteroatoms. The van der Waals surface area contributed by atoms with Crippen molar-refractivity contribution in [3.05, 3.63) is 60.0 Å². The van der Waals surface area contributed by atoms with Crippen LogP contribution in [0, 0.1) is 17.5 Å². The number of nitrogens with one attached hydrogen (secondary N) is 2. The van der Waals surface area contributed by atoms with E-state index in [9.17, 15) is 18.0 Å². The fraction of sp³-hybridized carbons (Fsp3) is 0.105. The first-order valence-corrected chi connectivity index (χ1v) is 9.33. The predicted molar refractivity (Wildman–Crippen MR) is 102 cm³/mol. The van der Waals surface area contributed by atoms with E-state index in [1.54, 1.807) is 6.20 Å².